The Kier molecular flexibility index (Phi) is 3.22. The Morgan fingerprint density at radius 1 is 1.41 bits per heavy atom. The highest BCUT2D eigenvalue weighted by Gasteiger charge is 2.97. The van der Waals surface area contributed by atoms with Gasteiger partial charge in [-0.3, -0.25) is 9.59 Å². The van der Waals surface area contributed by atoms with Crippen molar-refractivity contribution in [3.63, 3.8) is 0 Å². The number of epoxide rings is 2. The zero-order valence-corrected chi connectivity index (χ0v) is 16.5. The van der Waals surface area contributed by atoms with Gasteiger partial charge in [0.05, 0.1) is 24.0 Å². The maximum Gasteiger partial charge on any atom is 0.314 e. The molecule has 2 aliphatic carbocycles. The highest BCUT2D eigenvalue weighted by molar-refractivity contribution is 5.80. The van der Waals surface area contributed by atoms with E-state index in [9.17, 15) is 14.7 Å². The number of ether oxygens (including phenoxy) is 4. The van der Waals surface area contributed by atoms with Gasteiger partial charge in [-0.25, -0.2) is 0 Å². The standard InChI is InChI=1S/C20H28O7/c1-6-9(2)14(22)24-16-17(5)10(3)12(21)7-13-18(17,25-13)8-19-20(16,27-19)11(4)15(23)26-19/h9-13,16,21H,6-8H2,1-5H3. The molecule has 10 atom stereocenters. The van der Waals surface area contributed by atoms with E-state index in [2.05, 4.69) is 0 Å². The number of hydrogen-bond donors (Lipinski definition) is 1. The first-order valence-electron chi connectivity index (χ1n) is 10.1. The van der Waals surface area contributed by atoms with Crippen molar-refractivity contribution in [3.05, 3.63) is 0 Å². The molecule has 0 aromatic carbocycles. The highest BCUT2D eigenvalue weighted by Crippen LogP contribution is 2.79. The highest BCUT2D eigenvalue weighted by atomic mass is 16.8. The van der Waals surface area contributed by atoms with Crippen molar-refractivity contribution in [2.45, 2.75) is 89.2 Å². The second-order valence-corrected chi connectivity index (χ2v) is 9.46. The van der Waals surface area contributed by atoms with E-state index in [0.717, 1.165) is 0 Å². The van der Waals surface area contributed by atoms with Gasteiger partial charge in [-0.2, -0.15) is 0 Å². The third kappa shape index (κ3) is 1.71. The molecule has 5 fully saturated rings. The van der Waals surface area contributed by atoms with Crippen LogP contribution >= 0.6 is 0 Å². The molecule has 0 radical (unpaired) electrons. The van der Waals surface area contributed by atoms with E-state index >= 15 is 0 Å². The van der Waals surface area contributed by atoms with E-state index in [1.807, 2.05) is 27.7 Å². The number of aliphatic hydroxyl groups is 1. The molecular weight excluding hydrogens is 352 g/mol. The van der Waals surface area contributed by atoms with Gasteiger partial charge in [-0.05, 0) is 19.3 Å². The van der Waals surface area contributed by atoms with Gasteiger partial charge in [0.25, 0.3) is 5.79 Å². The van der Waals surface area contributed by atoms with Crippen LogP contribution in [0.1, 0.15) is 53.9 Å². The van der Waals surface area contributed by atoms with E-state index in [-0.39, 0.29) is 29.9 Å². The summed E-state index contributed by atoms with van der Waals surface area (Å²) >= 11 is 0. The Balaban J connectivity index is 1.63. The van der Waals surface area contributed by atoms with Crippen molar-refractivity contribution >= 4 is 11.9 Å². The third-order valence-corrected chi connectivity index (χ3v) is 8.53. The molecule has 3 aliphatic heterocycles. The first-order chi connectivity index (χ1) is 12.6. The molecule has 3 saturated heterocycles. The van der Waals surface area contributed by atoms with E-state index in [0.29, 0.717) is 19.3 Å². The van der Waals surface area contributed by atoms with Crippen LogP contribution < -0.4 is 0 Å². The summed E-state index contributed by atoms with van der Waals surface area (Å²) < 4.78 is 24.1. The van der Waals surface area contributed by atoms with Gasteiger partial charge in [0.2, 0.25) is 0 Å². The first-order valence-corrected chi connectivity index (χ1v) is 10.1. The van der Waals surface area contributed by atoms with Crippen LogP contribution in [0.25, 0.3) is 0 Å². The molecule has 5 aliphatic rings. The average molecular weight is 380 g/mol. The van der Waals surface area contributed by atoms with E-state index < -0.39 is 40.5 Å². The normalized spacial score (nSPS) is 58.1. The monoisotopic (exact) mass is 380 g/mol. The molecule has 1 spiro atoms. The summed E-state index contributed by atoms with van der Waals surface area (Å²) in [6, 6.07) is 0. The van der Waals surface area contributed by atoms with Crippen LogP contribution in [0.3, 0.4) is 0 Å². The fourth-order valence-corrected chi connectivity index (χ4v) is 6.23. The Bertz CT molecular complexity index is 738. The van der Waals surface area contributed by atoms with Crippen LogP contribution in [0.4, 0.5) is 0 Å². The molecule has 150 valence electrons. The van der Waals surface area contributed by atoms with Gasteiger partial charge in [-0.1, -0.05) is 27.7 Å². The molecule has 0 bridgehead atoms. The Morgan fingerprint density at radius 3 is 2.78 bits per heavy atom. The van der Waals surface area contributed by atoms with Crippen molar-refractivity contribution in [1.29, 1.82) is 0 Å². The maximum atomic E-state index is 12.8. The molecule has 0 aromatic heterocycles. The van der Waals surface area contributed by atoms with Gasteiger partial charge < -0.3 is 24.1 Å². The molecule has 1 N–H and O–H groups in total. The van der Waals surface area contributed by atoms with Gasteiger partial charge >= 0.3 is 11.9 Å². The van der Waals surface area contributed by atoms with Crippen molar-refractivity contribution in [2.24, 2.45) is 23.2 Å². The predicted molar refractivity (Wildman–Crippen MR) is 91.3 cm³/mol. The smallest absolute Gasteiger partial charge is 0.314 e. The molecule has 0 aromatic rings. The molecule has 27 heavy (non-hydrogen) atoms. The predicted octanol–water partition coefficient (Wildman–Crippen LogP) is 1.55. The van der Waals surface area contributed by atoms with Crippen LogP contribution in [0.2, 0.25) is 0 Å². The Labute approximate surface area is 158 Å². The minimum absolute atomic E-state index is 0.135. The Hall–Kier alpha value is -1.18. The number of esters is 2. The SMILES string of the molecule is CCC(C)C(=O)OC1C2(C)C(C)C(O)CC3OC32CC23OC(=O)C(C)C12O3. The molecule has 5 rings (SSSR count). The molecule has 3 heterocycles. The minimum atomic E-state index is -1.07. The molecule has 10 unspecified atom stereocenters. The first kappa shape index (κ1) is 17.9. The van der Waals surface area contributed by atoms with Crippen LogP contribution in [-0.2, 0) is 28.5 Å². The van der Waals surface area contributed by atoms with Gasteiger partial charge in [0.15, 0.2) is 5.60 Å². The van der Waals surface area contributed by atoms with Crippen LogP contribution in [0.15, 0.2) is 0 Å². The topological polar surface area (TPSA) is 97.9 Å². The number of carbonyl (C=O) groups excluding carboxylic acids is 2. The van der Waals surface area contributed by atoms with Crippen molar-refractivity contribution < 1.29 is 33.6 Å². The lowest BCUT2D eigenvalue weighted by atomic mass is 9.50. The zero-order valence-electron chi connectivity index (χ0n) is 16.5. The van der Waals surface area contributed by atoms with Gasteiger partial charge in [0, 0.05) is 18.3 Å². The molecular formula is C20H28O7. The third-order valence-electron chi connectivity index (χ3n) is 8.53. The second kappa shape index (κ2) is 4.86. The van der Waals surface area contributed by atoms with Crippen molar-refractivity contribution in [1.82, 2.24) is 0 Å². The van der Waals surface area contributed by atoms with Crippen LogP contribution in [0, 0.1) is 23.2 Å². The summed E-state index contributed by atoms with van der Waals surface area (Å²) in [5.41, 5.74) is -2.26. The van der Waals surface area contributed by atoms with Crippen LogP contribution in [0.5, 0.6) is 0 Å². The quantitative estimate of drug-likeness (QED) is 0.586. The lowest BCUT2D eigenvalue weighted by molar-refractivity contribution is -0.195. The van der Waals surface area contributed by atoms with E-state index in [4.69, 9.17) is 18.9 Å². The minimum Gasteiger partial charge on any atom is -0.458 e. The summed E-state index contributed by atoms with van der Waals surface area (Å²) in [6.07, 6.45) is 0.230. The maximum absolute atomic E-state index is 12.8. The fourth-order valence-electron chi connectivity index (χ4n) is 6.23. The van der Waals surface area contributed by atoms with Gasteiger partial charge in [-0.15, -0.1) is 0 Å². The van der Waals surface area contributed by atoms with E-state index in [1.54, 1.807) is 6.92 Å². The summed E-state index contributed by atoms with van der Waals surface area (Å²) in [4.78, 5) is 25.2. The average Bonchev–Trinajstić information content (AvgIpc) is 3.48. The summed E-state index contributed by atoms with van der Waals surface area (Å²) in [5.74, 6) is -2.68. The van der Waals surface area contributed by atoms with Gasteiger partial charge in [0.1, 0.15) is 11.7 Å². The second-order valence-electron chi connectivity index (χ2n) is 9.46. The molecule has 7 heteroatoms. The molecule has 7 nitrogen and oxygen atoms in total. The number of aliphatic hydroxyl groups excluding tert-OH is 1. The van der Waals surface area contributed by atoms with Crippen LogP contribution in [-0.4, -0.2) is 52.3 Å². The summed E-state index contributed by atoms with van der Waals surface area (Å²) in [5, 5.41) is 10.7. The number of hydrogen-bond acceptors (Lipinski definition) is 7. The van der Waals surface area contributed by atoms with Crippen molar-refractivity contribution in [3.8, 4) is 0 Å². The number of rotatable bonds is 3. The lowest BCUT2D eigenvalue weighted by Gasteiger charge is -2.53. The molecule has 2 saturated carbocycles. The summed E-state index contributed by atoms with van der Waals surface area (Å²) in [7, 11) is 0. The summed E-state index contributed by atoms with van der Waals surface area (Å²) in [6.45, 7) is 9.53. The largest absolute Gasteiger partial charge is 0.458 e. The zero-order chi connectivity index (χ0) is 19.6. The lowest BCUT2D eigenvalue weighted by Crippen LogP contribution is -2.68. The molecule has 0 amide bonds. The number of carbonyl (C=O) groups is 2. The Morgan fingerprint density at radius 2 is 2.11 bits per heavy atom. The van der Waals surface area contributed by atoms with E-state index in [1.165, 1.54) is 0 Å². The van der Waals surface area contributed by atoms with Crippen molar-refractivity contribution in [2.75, 3.05) is 0 Å². The fraction of sp³-hybridized carbons (Fsp3) is 0.900.